The Kier molecular flexibility index (Phi) is 3.00. The zero-order valence-corrected chi connectivity index (χ0v) is 10.9. The predicted molar refractivity (Wildman–Crippen MR) is 76.6 cm³/mol. The zero-order chi connectivity index (χ0) is 13.2. The molecule has 94 valence electrons. The quantitative estimate of drug-likeness (QED) is 0.803. The Hall–Kier alpha value is -2.21. The van der Waals surface area contributed by atoms with Gasteiger partial charge in [0.15, 0.2) is 5.17 Å². The van der Waals surface area contributed by atoms with Crippen molar-refractivity contribution in [3.05, 3.63) is 42.0 Å². The van der Waals surface area contributed by atoms with E-state index in [0.29, 0.717) is 10.9 Å². The first-order valence-electron chi connectivity index (χ1n) is 5.62. The molecule has 19 heavy (non-hydrogen) atoms. The van der Waals surface area contributed by atoms with Gasteiger partial charge >= 0.3 is 0 Å². The molecule has 1 aliphatic heterocycles. The molecule has 1 amide bonds. The fraction of sp³-hybridized carbons (Fsp3) is 0.0769. The van der Waals surface area contributed by atoms with Crippen molar-refractivity contribution >= 4 is 39.8 Å². The lowest BCUT2D eigenvalue weighted by Gasteiger charge is -1.98. The first-order valence-corrected chi connectivity index (χ1v) is 6.84. The highest BCUT2D eigenvalue weighted by Gasteiger charge is 2.18. The Balaban J connectivity index is 2.01. The van der Waals surface area contributed by atoms with E-state index in [0.717, 1.165) is 16.5 Å². The molecular formula is C13H10N4OS. The van der Waals surface area contributed by atoms with Gasteiger partial charge in [0.25, 0.3) is 5.91 Å². The van der Waals surface area contributed by atoms with E-state index in [4.69, 9.17) is 0 Å². The molecule has 2 aromatic rings. The van der Waals surface area contributed by atoms with E-state index >= 15 is 0 Å². The van der Waals surface area contributed by atoms with Crippen molar-refractivity contribution < 1.29 is 4.79 Å². The first kappa shape index (κ1) is 11.9. The van der Waals surface area contributed by atoms with E-state index in [1.165, 1.54) is 18.1 Å². The maximum Gasteiger partial charge on any atom is 0.275 e. The molecule has 1 aromatic carbocycles. The molecule has 2 heterocycles. The van der Waals surface area contributed by atoms with Crippen LogP contribution in [-0.2, 0) is 4.79 Å². The van der Waals surface area contributed by atoms with Crippen LogP contribution in [-0.4, -0.2) is 27.3 Å². The minimum absolute atomic E-state index is 0.172. The molecule has 3 rings (SSSR count). The SMILES string of the molecule is CSC1=N/C(=C\c2ccc3ncncc3c2)C(=O)N1. The van der Waals surface area contributed by atoms with Gasteiger partial charge in [-0.15, -0.1) is 0 Å². The Morgan fingerprint density at radius 1 is 1.37 bits per heavy atom. The summed E-state index contributed by atoms with van der Waals surface area (Å²) in [5.41, 5.74) is 2.19. The fourth-order valence-electron chi connectivity index (χ4n) is 1.79. The van der Waals surface area contributed by atoms with Gasteiger partial charge in [-0.25, -0.2) is 15.0 Å². The van der Waals surface area contributed by atoms with Crippen LogP contribution >= 0.6 is 11.8 Å². The molecule has 1 aromatic heterocycles. The van der Waals surface area contributed by atoms with Crippen molar-refractivity contribution in [2.24, 2.45) is 4.99 Å². The third-order valence-corrected chi connectivity index (χ3v) is 3.28. The van der Waals surface area contributed by atoms with Crippen LogP contribution in [0.4, 0.5) is 0 Å². The van der Waals surface area contributed by atoms with E-state index in [9.17, 15) is 4.79 Å². The fourth-order valence-corrected chi connectivity index (χ4v) is 2.18. The Morgan fingerprint density at radius 3 is 3.05 bits per heavy atom. The van der Waals surface area contributed by atoms with E-state index in [2.05, 4.69) is 20.3 Å². The van der Waals surface area contributed by atoms with Crippen molar-refractivity contribution in [1.82, 2.24) is 15.3 Å². The summed E-state index contributed by atoms with van der Waals surface area (Å²) in [5.74, 6) is -0.172. The molecule has 1 aliphatic rings. The molecule has 0 unspecified atom stereocenters. The molecule has 0 radical (unpaired) electrons. The molecule has 0 saturated heterocycles. The highest BCUT2D eigenvalue weighted by Crippen LogP contribution is 2.18. The highest BCUT2D eigenvalue weighted by atomic mass is 32.2. The van der Waals surface area contributed by atoms with Crippen molar-refractivity contribution in [3.63, 3.8) is 0 Å². The van der Waals surface area contributed by atoms with Gasteiger partial charge in [0.1, 0.15) is 12.0 Å². The number of amidine groups is 1. The number of hydrogen-bond donors (Lipinski definition) is 1. The number of nitrogens with one attached hydrogen (secondary N) is 1. The molecule has 5 nitrogen and oxygen atoms in total. The summed E-state index contributed by atoms with van der Waals surface area (Å²) < 4.78 is 0. The monoisotopic (exact) mass is 270 g/mol. The number of amides is 1. The smallest absolute Gasteiger partial charge is 0.275 e. The van der Waals surface area contributed by atoms with Crippen LogP contribution in [0.2, 0.25) is 0 Å². The Bertz CT molecular complexity index is 723. The van der Waals surface area contributed by atoms with Crippen molar-refractivity contribution in [2.75, 3.05) is 6.26 Å². The number of carbonyl (C=O) groups excluding carboxylic acids is 1. The van der Waals surface area contributed by atoms with Crippen molar-refractivity contribution in [1.29, 1.82) is 0 Å². The van der Waals surface area contributed by atoms with Crippen LogP contribution in [0.25, 0.3) is 17.0 Å². The number of benzene rings is 1. The molecule has 0 atom stereocenters. The summed E-state index contributed by atoms with van der Waals surface area (Å²) in [5, 5.41) is 4.25. The number of thioether (sulfide) groups is 1. The maximum absolute atomic E-state index is 11.7. The van der Waals surface area contributed by atoms with Gasteiger partial charge in [-0.1, -0.05) is 17.8 Å². The number of hydrogen-bond acceptors (Lipinski definition) is 5. The standard InChI is InChI=1S/C13H10N4OS/c1-19-13-16-11(12(18)17-13)5-8-2-3-10-9(4-8)6-14-7-15-10/h2-7H,1H3,(H,16,17,18)/b11-5-. The molecule has 1 N–H and O–H groups in total. The second-order valence-corrected chi connectivity index (χ2v) is 4.74. The summed E-state index contributed by atoms with van der Waals surface area (Å²) in [7, 11) is 0. The third-order valence-electron chi connectivity index (χ3n) is 2.70. The Labute approximate surface area is 113 Å². The summed E-state index contributed by atoms with van der Waals surface area (Å²) in [6.45, 7) is 0. The van der Waals surface area contributed by atoms with Crippen LogP contribution in [0.3, 0.4) is 0 Å². The van der Waals surface area contributed by atoms with Gasteiger partial charge in [-0.2, -0.15) is 0 Å². The summed E-state index contributed by atoms with van der Waals surface area (Å²) in [6, 6.07) is 5.74. The second-order valence-electron chi connectivity index (χ2n) is 3.95. The average Bonchev–Trinajstić information content (AvgIpc) is 2.79. The van der Waals surface area contributed by atoms with E-state index in [1.807, 2.05) is 24.5 Å². The minimum Gasteiger partial charge on any atom is -0.300 e. The zero-order valence-electron chi connectivity index (χ0n) is 10.1. The van der Waals surface area contributed by atoms with Crippen LogP contribution < -0.4 is 5.32 Å². The summed E-state index contributed by atoms with van der Waals surface area (Å²) in [4.78, 5) is 24.0. The highest BCUT2D eigenvalue weighted by molar-refractivity contribution is 8.13. The molecule has 0 fully saturated rings. The number of fused-ring (bicyclic) bond motifs is 1. The molecule has 0 saturated carbocycles. The molecule has 0 bridgehead atoms. The molecule has 0 spiro atoms. The van der Waals surface area contributed by atoms with Gasteiger partial charge in [-0.3, -0.25) is 10.1 Å². The maximum atomic E-state index is 11.7. The first-order chi connectivity index (χ1) is 9.26. The lowest BCUT2D eigenvalue weighted by molar-refractivity contribution is -0.115. The van der Waals surface area contributed by atoms with Crippen molar-refractivity contribution in [2.45, 2.75) is 0 Å². The minimum atomic E-state index is -0.172. The number of aromatic nitrogens is 2. The lowest BCUT2D eigenvalue weighted by atomic mass is 10.1. The van der Waals surface area contributed by atoms with Crippen molar-refractivity contribution in [3.8, 4) is 0 Å². The van der Waals surface area contributed by atoms with E-state index < -0.39 is 0 Å². The van der Waals surface area contributed by atoms with Crippen LogP contribution in [0, 0.1) is 0 Å². The topological polar surface area (TPSA) is 67.2 Å². The van der Waals surface area contributed by atoms with E-state index in [1.54, 1.807) is 12.3 Å². The van der Waals surface area contributed by atoms with Gasteiger partial charge in [0.05, 0.1) is 5.52 Å². The Morgan fingerprint density at radius 2 is 2.26 bits per heavy atom. The predicted octanol–water partition coefficient (Wildman–Crippen LogP) is 1.82. The molecule has 6 heteroatoms. The lowest BCUT2D eigenvalue weighted by Crippen LogP contribution is -2.21. The normalized spacial score (nSPS) is 16.8. The van der Waals surface area contributed by atoms with Gasteiger partial charge in [0.2, 0.25) is 0 Å². The number of nitrogens with zero attached hydrogens (tertiary/aromatic N) is 3. The molecule has 0 aliphatic carbocycles. The summed E-state index contributed by atoms with van der Waals surface area (Å²) >= 11 is 1.41. The largest absolute Gasteiger partial charge is 0.300 e. The third kappa shape index (κ3) is 2.34. The number of aliphatic imine (C=N–C) groups is 1. The number of carbonyl (C=O) groups is 1. The second kappa shape index (κ2) is 4.81. The molecular weight excluding hydrogens is 260 g/mol. The van der Waals surface area contributed by atoms with E-state index in [-0.39, 0.29) is 5.91 Å². The summed E-state index contributed by atoms with van der Waals surface area (Å²) in [6.07, 6.45) is 6.88. The van der Waals surface area contributed by atoms with Gasteiger partial charge in [-0.05, 0) is 30.0 Å². The van der Waals surface area contributed by atoms with Crippen LogP contribution in [0.15, 0.2) is 41.4 Å². The average molecular weight is 270 g/mol. The van der Waals surface area contributed by atoms with Crippen LogP contribution in [0.1, 0.15) is 5.56 Å². The van der Waals surface area contributed by atoms with Gasteiger partial charge in [0, 0.05) is 11.6 Å². The van der Waals surface area contributed by atoms with Gasteiger partial charge < -0.3 is 0 Å². The van der Waals surface area contributed by atoms with Crippen LogP contribution in [0.5, 0.6) is 0 Å². The number of rotatable bonds is 1.